The van der Waals surface area contributed by atoms with E-state index in [1.165, 1.54) is 6.08 Å². The second kappa shape index (κ2) is 8.34. The number of rotatable bonds is 7. The van der Waals surface area contributed by atoms with Gasteiger partial charge in [0.1, 0.15) is 5.76 Å². The molecule has 1 aromatic heterocycles. The van der Waals surface area contributed by atoms with E-state index < -0.39 is 0 Å². The van der Waals surface area contributed by atoms with Crippen LogP contribution in [-0.2, 0) is 9.59 Å². The van der Waals surface area contributed by atoms with E-state index in [0.29, 0.717) is 17.8 Å². The van der Waals surface area contributed by atoms with Gasteiger partial charge in [0.25, 0.3) is 0 Å². The molecule has 25 heavy (non-hydrogen) atoms. The van der Waals surface area contributed by atoms with Crippen LogP contribution in [0.3, 0.4) is 0 Å². The second-order valence-electron chi connectivity index (χ2n) is 6.76. The summed E-state index contributed by atoms with van der Waals surface area (Å²) in [4.78, 5) is 29.0. The largest absolute Gasteiger partial charge is 0.465 e. The maximum Gasteiger partial charge on any atom is 0.244 e. The Morgan fingerprint density at radius 3 is 2.60 bits per heavy atom. The first kappa shape index (κ1) is 17.7. The molecule has 2 heterocycles. The summed E-state index contributed by atoms with van der Waals surface area (Å²) < 4.78 is 5.14. The van der Waals surface area contributed by atoms with E-state index in [0.717, 1.165) is 45.3 Å². The number of hydrogen-bond acceptors (Lipinski definition) is 4. The molecule has 136 valence electrons. The standard InChI is InChI=1S/C19H27N3O3/c1-2-21-11-9-16(10-12-21)22(15-5-6-15)19(24)14-20-18(23)8-7-17-4-3-13-25-17/h3-4,7-8,13,15-16H,2,5-6,9-12,14H2,1H3,(H,20,23). The molecule has 0 bridgehead atoms. The van der Waals surface area contributed by atoms with Gasteiger partial charge < -0.3 is 19.5 Å². The summed E-state index contributed by atoms with van der Waals surface area (Å²) in [5.41, 5.74) is 0. The summed E-state index contributed by atoms with van der Waals surface area (Å²) in [6.45, 7) is 5.41. The van der Waals surface area contributed by atoms with Crippen molar-refractivity contribution >= 4 is 17.9 Å². The van der Waals surface area contributed by atoms with Gasteiger partial charge in [-0.3, -0.25) is 9.59 Å². The molecule has 3 rings (SSSR count). The Hall–Kier alpha value is -2.08. The number of likely N-dealkylation sites (tertiary alicyclic amines) is 1. The quantitative estimate of drug-likeness (QED) is 0.767. The summed E-state index contributed by atoms with van der Waals surface area (Å²) in [6, 6.07) is 4.23. The number of nitrogens with zero attached hydrogens (tertiary/aromatic N) is 2. The zero-order chi connectivity index (χ0) is 17.6. The first-order chi connectivity index (χ1) is 12.2. The van der Waals surface area contributed by atoms with Crippen LogP contribution in [0.15, 0.2) is 28.9 Å². The highest BCUT2D eigenvalue weighted by atomic mass is 16.3. The van der Waals surface area contributed by atoms with Crippen LogP contribution in [0.25, 0.3) is 6.08 Å². The van der Waals surface area contributed by atoms with Crippen LogP contribution in [0, 0.1) is 0 Å². The van der Waals surface area contributed by atoms with Crippen molar-refractivity contribution in [2.75, 3.05) is 26.2 Å². The van der Waals surface area contributed by atoms with E-state index in [2.05, 4.69) is 17.1 Å². The van der Waals surface area contributed by atoms with E-state index in [9.17, 15) is 9.59 Å². The minimum atomic E-state index is -0.277. The highest BCUT2D eigenvalue weighted by Crippen LogP contribution is 2.31. The van der Waals surface area contributed by atoms with Gasteiger partial charge in [-0.15, -0.1) is 0 Å². The van der Waals surface area contributed by atoms with Gasteiger partial charge in [-0.1, -0.05) is 6.92 Å². The average molecular weight is 345 g/mol. The van der Waals surface area contributed by atoms with Crippen molar-refractivity contribution in [3.63, 3.8) is 0 Å². The fourth-order valence-corrected chi connectivity index (χ4v) is 3.43. The van der Waals surface area contributed by atoms with Crippen LogP contribution in [0.4, 0.5) is 0 Å². The predicted octanol–water partition coefficient (Wildman–Crippen LogP) is 1.88. The van der Waals surface area contributed by atoms with Gasteiger partial charge in [-0.2, -0.15) is 0 Å². The highest BCUT2D eigenvalue weighted by molar-refractivity contribution is 5.94. The maximum atomic E-state index is 12.7. The van der Waals surface area contributed by atoms with Gasteiger partial charge in [0.15, 0.2) is 0 Å². The Bertz CT molecular complexity index is 599. The molecule has 2 aliphatic rings. The smallest absolute Gasteiger partial charge is 0.244 e. The highest BCUT2D eigenvalue weighted by Gasteiger charge is 2.38. The third-order valence-corrected chi connectivity index (χ3v) is 4.98. The van der Waals surface area contributed by atoms with Crippen LogP contribution in [-0.4, -0.2) is 59.9 Å². The summed E-state index contributed by atoms with van der Waals surface area (Å²) in [5, 5.41) is 2.70. The van der Waals surface area contributed by atoms with E-state index in [1.54, 1.807) is 24.5 Å². The lowest BCUT2D eigenvalue weighted by molar-refractivity contribution is -0.135. The Morgan fingerprint density at radius 2 is 2.00 bits per heavy atom. The average Bonchev–Trinajstić information content (AvgIpc) is 3.32. The van der Waals surface area contributed by atoms with Crippen LogP contribution >= 0.6 is 0 Å². The minimum Gasteiger partial charge on any atom is -0.465 e. The van der Waals surface area contributed by atoms with Crippen molar-refractivity contribution in [2.45, 2.75) is 44.7 Å². The molecule has 1 aromatic rings. The summed E-state index contributed by atoms with van der Waals surface area (Å²) in [7, 11) is 0. The molecule has 2 amide bonds. The van der Waals surface area contributed by atoms with Crippen LogP contribution in [0.2, 0.25) is 0 Å². The van der Waals surface area contributed by atoms with Crippen molar-refractivity contribution in [3.8, 4) is 0 Å². The fourth-order valence-electron chi connectivity index (χ4n) is 3.43. The zero-order valence-corrected chi connectivity index (χ0v) is 14.8. The van der Waals surface area contributed by atoms with Crippen LogP contribution in [0.1, 0.15) is 38.4 Å². The Morgan fingerprint density at radius 1 is 1.28 bits per heavy atom. The number of carbonyl (C=O) groups is 2. The molecule has 0 atom stereocenters. The number of nitrogens with one attached hydrogen (secondary N) is 1. The molecule has 6 heteroatoms. The molecule has 1 saturated heterocycles. The van der Waals surface area contributed by atoms with Crippen molar-refractivity contribution in [3.05, 3.63) is 30.2 Å². The van der Waals surface area contributed by atoms with Crippen molar-refractivity contribution < 1.29 is 14.0 Å². The number of furan rings is 1. The zero-order valence-electron chi connectivity index (χ0n) is 14.8. The maximum absolute atomic E-state index is 12.7. The normalized spacial score (nSPS) is 19.2. The molecule has 1 aliphatic carbocycles. The molecule has 6 nitrogen and oxygen atoms in total. The molecule has 0 spiro atoms. The molecule has 1 aliphatic heterocycles. The van der Waals surface area contributed by atoms with E-state index in [1.807, 2.05) is 4.90 Å². The lowest BCUT2D eigenvalue weighted by atomic mass is 10.0. The molecule has 0 unspecified atom stereocenters. The first-order valence-corrected chi connectivity index (χ1v) is 9.20. The molecule has 1 N–H and O–H groups in total. The monoisotopic (exact) mass is 345 g/mol. The van der Waals surface area contributed by atoms with Gasteiger partial charge >= 0.3 is 0 Å². The number of piperidine rings is 1. The van der Waals surface area contributed by atoms with Crippen molar-refractivity contribution in [2.24, 2.45) is 0 Å². The van der Waals surface area contributed by atoms with Gasteiger partial charge in [-0.05, 0) is 50.4 Å². The summed E-state index contributed by atoms with van der Waals surface area (Å²) in [5.74, 6) is 0.377. The molecular weight excluding hydrogens is 318 g/mol. The number of amides is 2. The molecule has 1 saturated carbocycles. The van der Waals surface area contributed by atoms with E-state index in [4.69, 9.17) is 4.42 Å². The topological polar surface area (TPSA) is 65.8 Å². The minimum absolute atomic E-state index is 0.0391. The lowest BCUT2D eigenvalue weighted by Crippen LogP contribution is -2.51. The molecule has 0 radical (unpaired) electrons. The van der Waals surface area contributed by atoms with Gasteiger partial charge in [0.05, 0.1) is 12.8 Å². The number of hydrogen-bond donors (Lipinski definition) is 1. The Labute approximate surface area is 148 Å². The van der Waals surface area contributed by atoms with E-state index >= 15 is 0 Å². The van der Waals surface area contributed by atoms with Crippen molar-refractivity contribution in [1.29, 1.82) is 0 Å². The summed E-state index contributed by atoms with van der Waals surface area (Å²) >= 11 is 0. The SMILES string of the molecule is CCN1CCC(N(C(=O)CNC(=O)C=Cc2ccco2)C2CC2)CC1. The fraction of sp³-hybridized carbons (Fsp3) is 0.579. The number of carbonyl (C=O) groups excluding carboxylic acids is 2. The third kappa shape index (κ3) is 4.95. The molecule has 2 fully saturated rings. The van der Waals surface area contributed by atoms with Crippen LogP contribution in [0.5, 0.6) is 0 Å². The van der Waals surface area contributed by atoms with Gasteiger partial charge in [0.2, 0.25) is 11.8 Å². The lowest BCUT2D eigenvalue weighted by Gasteiger charge is -2.38. The van der Waals surface area contributed by atoms with Crippen molar-refractivity contribution in [1.82, 2.24) is 15.1 Å². The Balaban J connectivity index is 1.49. The van der Waals surface area contributed by atoms with Gasteiger partial charge in [0, 0.05) is 31.2 Å². The first-order valence-electron chi connectivity index (χ1n) is 9.20. The van der Waals surface area contributed by atoms with E-state index in [-0.39, 0.29) is 18.4 Å². The third-order valence-electron chi connectivity index (χ3n) is 4.98. The second-order valence-corrected chi connectivity index (χ2v) is 6.76. The Kier molecular flexibility index (Phi) is 5.91. The molecular formula is C19H27N3O3. The predicted molar refractivity (Wildman–Crippen MR) is 95.8 cm³/mol. The van der Waals surface area contributed by atoms with Crippen LogP contribution < -0.4 is 5.32 Å². The molecule has 0 aromatic carbocycles. The van der Waals surface area contributed by atoms with Gasteiger partial charge in [-0.25, -0.2) is 0 Å². The summed E-state index contributed by atoms with van der Waals surface area (Å²) in [6.07, 6.45) is 8.79.